The summed E-state index contributed by atoms with van der Waals surface area (Å²) in [6.45, 7) is 8.49. The standard InChI is InChI=1S/C17H19ClF2NO3P.C8H10O.2CH2O/c1-12(14-6-4-3-5-7-14)21(2)11-13-8-9-15(16(18)10-13)17(19,20)25(22,23)24;1-7-5-3-4-6-8(7)9-2;2*1-2/h3-10,12H,11H2,1-2H3,(H2,22,23,24);3-6H,1-2H3;2*1H2. The second-order valence-electron chi connectivity index (χ2n) is 7.87. The Labute approximate surface area is 227 Å². The number of carbonyl (C=O) groups excluding carboxylic acids is 2. The largest absolute Gasteiger partial charge is 0.496 e. The molecule has 0 spiro atoms. The number of halogens is 3. The number of ether oxygens (including phenoxy) is 1. The van der Waals surface area contributed by atoms with Crippen molar-refractivity contribution in [3.05, 3.63) is 100 Å². The van der Waals surface area contributed by atoms with Crippen LogP contribution in [0.5, 0.6) is 5.75 Å². The number of hydrogen-bond donors (Lipinski definition) is 2. The van der Waals surface area contributed by atoms with Gasteiger partial charge in [-0.3, -0.25) is 9.46 Å². The van der Waals surface area contributed by atoms with Gasteiger partial charge in [0.2, 0.25) is 0 Å². The zero-order valence-corrected chi connectivity index (χ0v) is 23.3. The normalized spacial score (nSPS) is 11.5. The Morgan fingerprint density at radius 2 is 1.53 bits per heavy atom. The third kappa shape index (κ3) is 10.1. The summed E-state index contributed by atoms with van der Waals surface area (Å²) in [6, 6.07) is 21.5. The molecule has 1 atom stereocenters. The highest BCUT2D eigenvalue weighted by molar-refractivity contribution is 7.52. The third-order valence-corrected chi connectivity index (χ3v) is 6.70. The van der Waals surface area contributed by atoms with E-state index >= 15 is 0 Å². The zero-order valence-electron chi connectivity index (χ0n) is 21.7. The Morgan fingerprint density at radius 1 is 1.00 bits per heavy atom. The molecule has 7 nitrogen and oxygen atoms in total. The van der Waals surface area contributed by atoms with E-state index in [-0.39, 0.29) is 11.1 Å². The van der Waals surface area contributed by atoms with E-state index in [0.717, 1.165) is 17.4 Å². The topological polar surface area (TPSA) is 104 Å². The molecule has 1 unspecified atom stereocenters. The fourth-order valence-corrected chi connectivity index (χ4v) is 4.15. The average Bonchev–Trinajstić information content (AvgIpc) is 2.91. The van der Waals surface area contributed by atoms with Crippen LogP contribution in [-0.4, -0.2) is 42.4 Å². The summed E-state index contributed by atoms with van der Waals surface area (Å²) >= 11 is 5.86. The van der Waals surface area contributed by atoms with Crippen molar-refractivity contribution in [1.82, 2.24) is 4.90 Å². The third-order valence-electron chi connectivity index (χ3n) is 5.41. The van der Waals surface area contributed by atoms with Crippen LogP contribution in [0.2, 0.25) is 5.02 Å². The van der Waals surface area contributed by atoms with Gasteiger partial charge in [0.25, 0.3) is 0 Å². The molecule has 11 heteroatoms. The molecule has 0 saturated heterocycles. The Kier molecular flexibility index (Phi) is 15.5. The van der Waals surface area contributed by atoms with E-state index in [0.29, 0.717) is 12.1 Å². The Hall–Kier alpha value is -2.94. The van der Waals surface area contributed by atoms with E-state index in [4.69, 9.17) is 35.7 Å². The highest BCUT2D eigenvalue weighted by Gasteiger charge is 2.51. The van der Waals surface area contributed by atoms with Gasteiger partial charge < -0.3 is 24.1 Å². The molecular formula is C27H33ClF2NO6P. The molecule has 3 aromatic rings. The molecule has 3 rings (SSSR count). The molecule has 0 aliphatic heterocycles. The summed E-state index contributed by atoms with van der Waals surface area (Å²) in [5.41, 5.74) is -2.22. The first-order valence-corrected chi connectivity index (χ1v) is 13.0. The number of rotatable bonds is 7. The van der Waals surface area contributed by atoms with Crippen molar-refractivity contribution in [2.24, 2.45) is 0 Å². The van der Waals surface area contributed by atoms with Gasteiger partial charge >= 0.3 is 13.3 Å². The number of nitrogens with zero attached hydrogens (tertiary/aromatic N) is 1. The first-order valence-electron chi connectivity index (χ1n) is 11.0. The number of benzene rings is 3. The molecule has 208 valence electrons. The second-order valence-corrected chi connectivity index (χ2v) is 9.93. The molecule has 0 saturated carbocycles. The van der Waals surface area contributed by atoms with Gasteiger partial charge in [-0.15, -0.1) is 0 Å². The molecule has 0 radical (unpaired) electrons. The number of carbonyl (C=O) groups is 2. The number of alkyl halides is 2. The maximum atomic E-state index is 13.8. The van der Waals surface area contributed by atoms with E-state index in [9.17, 15) is 13.3 Å². The molecule has 0 aliphatic carbocycles. The van der Waals surface area contributed by atoms with E-state index in [1.165, 1.54) is 17.7 Å². The van der Waals surface area contributed by atoms with E-state index in [1.54, 1.807) is 7.11 Å². The molecule has 38 heavy (non-hydrogen) atoms. The van der Waals surface area contributed by atoms with Crippen molar-refractivity contribution in [2.45, 2.75) is 32.1 Å². The molecule has 0 heterocycles. The van der Waals surface area contributed by atoms with Crippen LogP contribution < -0.4 is 4.74 Å². The minimum absolute atomic E-state index is 0.0937. The smallest absolute Gasteiger partial charge is 0.399 e. The number of para-hydroxylation sites is 1. The van der Waals surface area contributed by atoms with Gasteiger partial charge in [0.1, 0.15) is 19.3 Å². The van der Waals surface area contributed by atoms with Crippen LogP contribution in [0, 0.1) is 6.92 Å². The lowest BCUT2D eigenvalue weighted by molar-refractivity contribution is -0.0987. The quantitative estimate of drug-likeness (QED) is 0.316. The average molecular weight is 572 g/mol. The summed E-state index contributed by atoms with van der Waals surface area (Å²) in [5.74, 6) is 0.956. The van der Waals surface area contributed by atoms with E-state index in [2.05, 4.69) is 0 Å². The lowest BCUT2D eigenvalue weighted by Crippen LogP contribution is -2.22. The Bertz CT molecular complexity index is 1160. The van der Waals surface area contributed by atoms with Crippen LogP contribution >= 0.6 is 19.2 Å². The van der Waals surface area contributed by atoms with Gasteiger partial charge in [-0.1, -0.05) is 72.3 Å². The van der Waals surface area contributed by atoms with Crippen LogP contribution in [0.25, 0.3) is 0 Å². The first-order chi connectivity index (χ1) is 17.9. The van der Waals surface area contributed by atoms with Gasteiger partial charge in [0.15, 0.2) is 0 Å². The van der Waals surface area contributed by atoms with Gasteiger partial charge in [-0.05, 0) is 49.7 Å². The van der Waals surface area contributed by atoms with Crippen molar-refractivity contribution in [3.8, 4) is 5.75 Å². The number of methoxy groups -OCH3 is 1. The monoisotopic (exact) mass is 571 g/mol. The zero-order chi connectivity index (χ0) is 29.5. The second kappa shape index (κ2) is 16.8. The summed E-state index contributed by atoms with van der Waals surface area (Å²) in [4.78, 5) is 35.7. The number of aryl methyl sites for hydroxylation is 1. The van der Waals surface area contributed by atoms with Gasteiger partial charge in [0.05, 0.1) is 17.7 Å². The van der Waals surface area contributed by atoms with Crippen molar-refractivity contribution < 1.29 is 37.5 Å². The lowest BCUT2D eigenvalue weighted by Gasteiger charge is -2.26. The van der Waals surface area contributed by atoms with Gasteiger partial charge in [0, 0.05) is 12.6 Å². The van der Waals surface area contributed by atoms with Gasteiger partial charge in [-0.2, -0.15) is 8.78 Å². The maximum Gasteiger partial charge on any atom is 0.399 e. The minimum Gasteiger partial charge on any atom is -0.496 e. The summed E-state index contributed by atoms with van der Waals surface area (Å²) < 4.78 is 43.7. The van der Waals surface area contributed by atoms with Gasteiger partial charge in [-0.25, -0.2) is 0 Å². The first kappa shape index (κ1) is 35.1. The Balaban J connectivity index is 0.000000875. The molecule has 0 aromatic heterocycles. The summed E-state index contributed by atoms with van der Waals surface area (Å²) in [7, 11) is -2.07. The van der Waals surface area contributed by atoms with Crippen LogP contribution in [0.4, 0.5) is 8.78 Å². The van der Waals surface area contributed by atoms with Crippen molar-refractivity contribution in [2.75, 3.05) is 14.2 Å². The molecule has 0 aliphatic rings. The summed E-state index contributed by atoms with van der Waals surface area (Å²) in [6.07, 6.45) is 0. The minimum atomic E-state index is -5.64. The molecule has 2 N–H and O–H groups in total. The SMILES string of the molecule is C=O.C=O.CC(c1ccccc1)N(C)Cc1ccc(C(F)(F)P(=O)(O)O)c(Cl)c1.COc1ccccc1C. The lowest BCUT2D eigenvalue weighted by atomic mass is 10.1. The highest BCUT2D eigenvalue weighted by atomic mass is 35.5. The predicted molar refractivity (Wildman–Crippen MR) is 146 cm³/mol. The summed E-state index contributed by atoms with van der Waals surface area (Å²) in [5, 5.41) is -0.369. The van der Waals surface area contributed by atoms with Crippen LogP contribution in [-0.2, 0) is 26.4 Å². The van der Waals surface area contributed by atoms with E-state index in [1.807, 2.05) is 94.0 Å². The molecule has 0 amide bonds. The molecule has 3 aromatic carbocycles. The van der Waals surface area contributed by atoms with Crippen LogP contribution in [0.3, 0.4) is 0 Å². The molecular weight excluding hydrogens is 539 g/mol. The van der Waals surface area contributed by atoms with Crippen molar-refractivity contribution in [3.63, 3.8) is 0 Å². The fraction of sp³-hybridized carbons (Fsp3) is 0.259. The predicted octanol–water partition coefficient (Wildman–Crippen LogP) is 6.39. The Morgan fingerprint density at radius 3 is 1.97 bits per heavy atom. The van der Waals surface area contributed by atoms with E-state index < -0.39 is 18.8 Å². The number of hydrogen-bond acceptors (Lipinski definition) is 5. The van der Waals surface area contributed by atoms with Crippen molar-refractivity contribution >= 4 is 32.8 Å². The van der Waals surface area contributed by atoms with Crippen LogP contribution in [0.15, 0.2) is 72.8 Å². The molecule has 0 bridgehead atoms. The highest BCUT2D eigenvalue weighted by Crippen LogP contribution is 2.60. The maximum absolute atomic E-state index is 13.8. The fourth-order valence-electron chi connectivity index (χ4n) is 3.25. The van der Waals surface area contributed by atoms with Crippen LogP contribution in [0.1, 0.15) is 35.2 Å². The molecule has 0 fully saturated rings. The van der Waals surface area contributed by atoms with Crippen molar-refractivity contribution in [1.29, 1.82) is 0 Å².